The Morgan fingerprint density at radius 2 is 1.96 bits per heavy atom. The molecule has 28 heavy (non-hydrogen) atoms. The number of carbonyl (C=O) groups is 2. The molecule has 0 saturated carbocycles. The summed E-state index contributed by atoms with van der Waals surface area (Å²) in [5.41, 5.74) is -1.36. The third kappa shape index (κ3) is 4.83. The summed E-state index contributed by atoms with van der Waals surface area (Å²) >= 11 is 0. The van der Waals surface area contributed by atoms with Crippen LogP contribution in [0.1, 0.15) is 37.3 Å². The lowest BCUT2D eigenvalue weighted by Crippen LogP contribution is -2.49. The number of esters is 1. The third-order valence-electron chi connectivity index (χ3n) is 4.70. The molecule has 0 aromatic heterocycles. The summed E-state index contributed by atoms with van der Waals surface area (Å²) < 4.78 is 48.7. The molecule has 0 unspecified atom stereocenters. The van der Waals surface area contributed by atoms with Gasteiger partial charge in [-0.1, -0.05) is 18.2 Å². The fourth-order valence-corrected chi connectivity index (χ4v) is 3.31. The SMILES string of the molecule is COC(=O)/C=C/C[C@@H](c1ccc(C(F)(F)F)cc1)[C@H]1COC(C)(C)N1C(=O)O. The second-order valence-electron chi connectivity index (χ2n) is 6.87. The smallest absolute Gasteiger partial charge is 0.416 e. The average Bonchev–Trinajstić information content (AvgIpc) is 2.93. The van der Waals surface area contributed by atoms with Crippen LogP contribution in [0, 0.1) is 0 Å². The van der Waals surface area contributed by atoms with Gasteiger partial charge in [0.25, 0.3) is 0 Å². The van der Waals surface area contributed by atoms with E-state index in [2.05, 4.69) is 4.74 Å². The Morgan fingerprint density at radius 1 is 1.36 bits per heavy atom. The number of benzene rings is 1. The largest absolute Gasteiger partial charge is 0.466 e. The highest BCUT2D eigenvalue weighted by Gasteiger charge is 2.47. The molecule has 6 nitrogen and oxygen atoms in total. The number of carboxylic acid groups (broad SMARTS) is 1. The van der Waals surface area contributed by atoms with Crippen molar-refractivity contribution in [3.8, 4) is 0 Å². The average molecular weight is 401 g/mol. The molecule has 9 heteroatoms. The number of nitrogens with zero attached hydrogens (tertiary/aromatic N) is 1. The predicted octanol–water partition coefficient (Wildman–Crippen LogP) is 4.02. The zero-order chi connectivity index (χ0) is 21.1. The van der Waals surface area contributed by atoms with Crippen LogP contribution in [0.4, 0.5) is 18.0 Å². The van der Waals surface area contributed by atoms with E-state index in [1.165, 1.54) is 31.4 Å². The number of halogens is 3. The van der Waals surface area contributed by atoms with Gasteiger partial charge in [-0.25, -0.2) is 9.59 Å². The van der Waals surface area contributed by atoms with E-state index in [-0.39, 0.29) is 13.0 Å². The van der Waals surface area contributed by atoms with E-state index < -0.39 is 41.5 Å². The number of methoxy groups -OCH3 is 1. The molecule has 1 aliphatic heterocycles. The van der Waals surface area contributed by atoms with Crippen molar-refractivity contribution < 1.29 is 37.3 Å². The maximum absolute atomic E-state index is 12.9. The Morgan fingerprint density at radius 3 is 2.46 bits per heavy atom. The maximum Gasteiger partial charge on any atom is 0.416 e. The van der Waals surface area contributed by atoms with Crippen LogP contribution < -0.4 is 0 Å². The van der Waals surface area contributed by atoms with Crippen LogP contribution in [0.25, 0.3) is 0 Å². The molecule has 2 atom stereocenters. The highest BCUT2D eigenvalue weighted by Crippen LogP contribution is 2.38. The van der Waals surface area contributed by atoms with E-state index in [0.29, 0.717) is 5.56 Å². The number of rotatable bonds is 5. The highest BCUT2D eigenvalue weighted by atomic mass is 19.4. The Kier molecular flexibility index (Phi) is 6.38. The molecular weight excluding hydrogens is 379 g/mol. The lowest BCUT2D eigenvalue weighted by atomic mass is 9.87. The van der Waals surface area contributed by atoms with E-state index in [1.807, 2.05) is 0 Å². The summed E-state index contributed by atoms with van der Waals surface area (Å²) in [5.74, 6) is -1.09. The van der Waals surface area contributed by atoms with Crippen molar-refractivity contribution in [1.82, 2.24) is 4.90 Å². The zero-order valence-corrected chi connectivity index (χ0v) is 15.7. The summed E-state index contributed by atoms with van der Waals surface area (Å²) in [6.07, 6.45) is -2.73. The summed E-state index contributed by atoms with van der Waals surface area (Å²) in [6.45, 7) is 3.29. The molecule has 0 radical (unpaired) electrons. The van der Waals surface area contributed by atoms with E-state index in [1.54, 1.807) is 13.8 Å². The van der Waals surface area contributed by atoms with Gasteiger partial charge in [-0.3, -0.25) is 4.90 Å². The summed E-state index contributed by atoms with van der Waals surface area (Å²) in [6, 6.07) is 3.93. The highest BCUT2D eigenvalue weighted by molar-refractivity contribution is 5.81. The summed E-state index contributed by atoms with van der Waals surface area (Å²) in [7, 11) is 1.22. The normalized spacial score (nSPS) is 20.4. The van der Waals surface area contributed by atoms with Crippen molar-refractivity contribution in [2.75, 3.05) is 13.7 Å². The first-order chi connectivity index (χ1) is 13.0. The summed E-state index contributed by atoms with van der Waals surface area (Å²) in [4.78, 5) is 24.3. The van der Waals surface area contributed by atoms with Gasteiger partial charge in [-0.2, -0.15) is 13.2 Å². The number of allylic oxidation sites excluding steroid dienone is 1. The van der Waals surface area contributed by atoms with Crippen molar-refractivity contribution in [3.05, 3.63) is 47.5 Å². The molecule has 1 fully saturated rings. The molecule has 1 aromatic carbocycles. The maximum atomic E-state index is 12.9. The molecule has 0 bridgehead atoms. The van der Waals surface area contributed by atoms with Crippen molar-refractivity contribution in [2.45, 2.75) is 44.1 Å². The van der Waals surface area contributed by atoms with Gasteiger partial charge in [0.15, 0.2) is 0 Å². The second kappa shape index (κ2) is 8.22. The Balaban J connectivity index is 2.38. The van der Waals surface area contributed by atoms with Crippen LogP contribution in [-0.2, 0) is 20.4 Å². The van der Waals surface area contributed by atoms with Gasteiger partial charge < -0.3 is 14.6 Å². The number of amides is 1. The predicted molar refractivity (Wildman–Crippen MR) is 93.6 cm³/mol. The lowest BCUT2D eigenvalue weighted by Gasteiger charge is -2.34. The standard InChI is InChI=1S/C19H22F3NO5/c1-18(2)23(17(25)26)15(11-28-18)14(5-4-6-16(24)27-3)12-7-9-13(10-8-12)19(20,21)22/h4,6-10,14-15H,5,11H2,1-3H3,(H,25,26)/b6-4+/t14-,15+/m0/s1. The molecule has 1 N–H and O–H groups in total. The fourth-order valence-electron chi connectivity index (χ4n) is 3.31. The molecule has 154 valence electrons. The molecule has 1 aliphatic rings. The van der Waals surface area contributed by atoms with E-state index in [9.17, 15) is 27.9 Å². The van der Waals surface area contributed by atoms with Gasteiger partial charge in [0.1, 0.15) is 5.72 Å². The van der Waals surface area contributed by atoms with Crippen LogP contribution in [0.5, 0.6) is 0 Å². The van der Waals surface area contributed by atoms with E-state index in [4.69, 9.17) is 4.74 Å². The molecule has 2 rings (SSSR count). The van der Waals surface area contributed by atoms with Gasteiger partial charge in [-0.15, -0.1) is 0 Å². The van der Waals surface area contributed by atoms with E-state index >= 15 is 0 Å². The first-order valence-corrected chi connectivity index (χ1v) is 8.55. The van der Waals surface area contributed by atoms with Crippen LogP contribution in [-0.4, -0.2) is 47.6 Å². The molecular formula is C19H22F3NO5. The van der Waals surface area contributed by atoms with Crippen molar-refractivity contribution in [3.63, 3.8) is 0 Å². The minimum Gasteiger partial charge on any atom is -0.466 e. The number of ether oxygens (including phenoxy) is 2. The van der Waals surface area contributed by atoms with Crippen LogP contribution in [0.3, 0.4) is 0 Å². The minimum atomic E-state index is -4.47. The van der Waals surface area contributed by atoms with Gasteiger partial charge in [0.2, 0.25) is 0 Å². The topological polar surface area (TPSA) is 76.1 Å². The molecule has 1 saturated heterocycles. The fraction of sp³-hybridized carbons (Fsp3) is 0.474. The van der Waals surface area contributed by atoms with Crippen LogP contribution in [0.15, 0.2) is 36.4 Å². The van der Waals surface area contributed by atoms with Gasteiger partial charge in [0.05, 0.1) is 25.3 Å². The third-order valence-corrected chi connectivity index (χ3v) is 4.70. The van der Waals surface area contributed by atoms with Crippen molar-refractivity contribution in [1.29, 1.82) is 0 Å². The van der Waals surface area contributed by atoms with Crippen LogP contribution >= 0.6 is 0 Å². The number of hydrogen-bond donors (Lipinski definition) is 1. The van der Waals surface area contributed by atoms with Crippen molar-refractivity contribution in [2.24, 2.45) is 0 Å². The minimum absolute atomic E-state index is 0.0804. The molecule has 1 amide bonds. The van der Waals surface area contributed by atoms with Crippen molar-refractivity contribution >= 4 is 12.1 Å². The second-order valence-corrected chi connectivity index (χ2v) is 6.87. The Labute approximate surface area is 160 Å². The van der Waals surface area contributed by atoms with E-state index in [0.717, 1.165) is 17.0 Å². The quantitative estimate of drug-likeness (QED) is 0.596. The lowest BCUT2D eigenvalue weighted by molar-refractivity contribution is -0.137. The van der Waals surface area contributed by atoms with Gasteiger partial charge in [0, 0.05) is 12.0 Å². The molecule has 0 spiro atoms. The summed E-state index contributed by atoms with van der Waals surface area (Å²) in [5, 5.41) is 9.62. The number of hydrogen-bond acceptors (Lipinski definition) is 4. The molecule has 1 aromatic rings. The first kappa shape index (κ1) is 21.7. The number of alkyl halides is 3. The van der Waals surface area contributed by atoms with Gasteiger partial charge >= 0.3 is 18.2 Å². The molecule has 1 heterocycles. The molecule has 0 aliphatic carbocycles. The Bertz CT molecular complexity index is 743. The number of carbonyl (C=O) groups excluding carboxylic acids is 1. The van der Waals surface area contributed by atoms with Gasteiger partial charge in [-0.05, 0) is 38.0 Å². The Hall–Kier alpha value is -2.55. The first-order valence-electron chi connectivity index (χ1n) is 8.55. The van der Waals surface area contributed by atoms with Crippen LogP contribution in [0.2, 0.25) is 0 Å². The zero-order valence-electron chi connectivity index (χ0n) is 15.7. The monoisotopic (exact) mass is 401 g/mol.